The molecule has 0 aliphatic carbocycles. The summed E-state index contributed by atoms with van der Waals surface area (Å²) in [5.41, 5.74) is 1.02. The van der Waals surface area contributed by atoms with Crippen LogP contribution in [-0.4, -0.2) is 0 Å². The Balaban J connectivity index is 3.46. The minimum Gasteiger partial charge on any atom is -0.204 e. The fourth-order valence-corrected chi connectivity index (χ4v) is 1.11. The lowest BCUT2D eigenvalue weighted by molar-refractivity contribution is 0.499. The standard InChI is InChI=1S/C8H8F2S/c1-4-5(2)8(10)6(9)3-7(4)11/h3,11H,1-2H3. The van der Waals surface area contributed by atoms with Gasteiger partial charge in [0.15, 0.2) is 11.6 Å². The third-order valence-corrected chi connectivity index (χ3v) is 2.21. The smallest absolute Gasteiger partial charge is 0.162 e. The molecule has 0 aliphatic rings. The monoisotopic (exact) mass is 174 g/mol. The van der Waals surface area contributed by atoms with Crippen LogP contribution in [-0.2, 0) is 0 Å². The summed E-state index contributed by atoms with van der Waals surface area (Å²) in [6, 6.07) is 1.08. The SMILES string of the molecule is Cc1c(S)cc(F)c(F)c1C. The van der Waals surface area contributed by atoms with Crippen molar-refractivity contribution in [1.29, 1.82) is 0 Å². The van der Waals surface area contributed by atoms with Gasteiger partial charge in [-0.15, -0.1) is 12.6 Å². The van der Waals surface area contributed by atoms with Crippen LogP contribution in [0.1, 0.15) is 11.1 Å². The van der Waals surface area contributed by atoms with Crippen LogP contribution >= 0.6 is 12.6 Å². The second kappa shape index (κ2) is 2.81. The van der Waals surface area contributed by atoms with Crippen LogP contribution in [0.25, 0.3) is 0 Å². The molecule has 0 amide bonds. The summed E-state index contributed by atoms with van der Waals surface area (Å²) in [6.45, 7) is 3.24. The fraction of sp³-hybridized carbons (Fsp3) is 0.250. The topological polar surface area (TPSA) is 0 Å². The molecule has 1 aromatic rings. The average Bonchev–Trinajstić information content (AvgIpc) is 1.97. The second-order valence-electron chi connectivity index (χ2n) is 2.44. The molecule has 0 aromatic heterocycles. The summed E-state index contributed by atoms with van der Waals surface area (Å²) < 4.78 is 25.4. The van der Waals surface area contributed by atoms with Gasteiger partial charge in [0.1, 0.15) is 0 Å². The van der Waals surface area contributed by atoms with Gasteiger partial charge in [0.05, 0.1) is 0 Å². The first-order valence-corrected chi connectivity index (χ1v) is 3.63. The van der Waals surface area contributed by atoms with Crippen molar-refractivity contribution in [3.63, 3.8) is 0 Å². The summed E-state index contributed by atoms with van der Waals surface area (Å²) in [5.74, 6) is -1.61. The first-order valence-electron chi connectivity index (χ1n) is 3.18. The summed E-state index contributed by atoms with van der Waals surface area (Å²) in [4.78, 5) is 0.487. The molecule has 0 saturated carbocycles. The maximum atomic E-state index is 12.8. The van der Waals surface area contributed by atoms with Crippen molar-refractivity contribution in [1.82, 2.24) is 0 Å². The van der Waals surface area contributed by atoms with Crippen LogP contribution in [0.15, 0.2) is 11.0 Å². The van der Waals surface area contributed by atoms with E-state index in [4.69, 9.17) is 0 Å². The van der Waals surface area contributed by atoms with Crippen molar-refractivity contribution in [2.75, 3.05) is 0 Å². The number of benzene rings is 1. The van der Waals surface area contributed by atoms with Gasteiger partial charge in [0.2, 0.25) is 0 Å². The third kappa shape index (κ3) is 1.38. The first-order chi connectivity index (χ1) is 5.04. The van der Waals surface area contributed by atoms with E-state index in [9.17, 15) is 8.78 Å². The van der Waals surface area contributed by atoms with E-state index in [0.717, 1.165) is 6.07 Å². The molecule has 0 aliphatic heterocycles. The third-order valence-electron chi connectivity index (χ3n) is 1.75. The van der Waals surface area contributed by atoms with E-state index in [0.29, 0.717) is 16.0 Å². The molecule has 0 heterocycles. The Labute approximate surface area is 69.6 Å². The van der Waals surface area contributed by atoms with Crippen LogP contribution < -0.4 is 0 Å². The largest absolute Gasteiger partial charge is 0.204 e. The van der Waals surface area contributed by atoms with E-state index < -0.39 is 11.6 Å². The van der Waals surface area contributed by atoms with Crippen molar-refractivity contribution in [2.45, 2.75) is 18.7 Å². The Kier molecular flexibility index (Phi) is 2.18. The van der Waals surface area contributed by atoms with Gasteiger partial charge in [-0.25, -0.2) is 8.78 Å². The number of thiol groups is 1. The summed E-state index contributed by atoms with van der Waals surface area (Å²) in [6.07, 6.45) is 0. The average molecular weight is 174 g/mol. The van der Waals surface area contributed by atoms with Crippen LogP contribution in [0.3, 0.4) is 0 Å². The zero-order valence-corrected chi connectivity index (χ0v) is 7.17. The maximum Gasteiger partial charge on any atom is 0.162 e. The first kappa shape index (κ1) is 8.53. The van der Waals surface area contributed by atoms with Gasteiger partial charge < -0.3 is 0 Å². The molecule has 0 unspecified atom stereocenters. The predicted octanol–water partition coefficient (Wildman–Crippen LogP) is 2.87. The number of hydrogen-bond donors (Lipinski definition) is 1. The summed E-state index contributed by atoms with van der Waals surface area (Å²) in [5, 5.41) is 0. The lowest BCUT2D eigenvalue weighted by Gasteiger charge is -2.04. The molecule has 0 spiro atoms. The maximum absolute atomic E-state index is 12.8. The van der Waals surface area contributed by atoms with Crippen molar-refractivity contribution >= 4 is 12.6 Å². The highest BCUT2D eigenvalue weighted by Crippen LogP contribution is 2.21. The Morgan fingerprint density at radius 2 is 1.73 bits per heavy atom. The van der Waals surface area contributed by atoms with Crippen LogP contribution in [0.4, 0.5) is 8.78 Å². The van der Waals surface area contributed by atoms with Gasteiger partial charge in [0.25, 0.3) is 0 Å². The molecule has 1 rings (SSSR count). The number of halogens is 2. The Hall–Kier alpha value is -0.570. The molecular weight excluding hydrogens is 166 g/mol. The highest BCUT2D eigenvalue weighted by atomic mass is 32.1. The van der Waals surface area contributed by atoms with Gasteiger partial charge in [-0.2, -0.15) is 0 Å². The lowest BCUT2D eigenvalue weighted by Crippen LogP contribution is -1.93. The summed E-state index contributed by atoms with van der Waals surface area (Å²) >= 11 is 3.98. The minimum atomic E-state index is -0.835. The fourth-order valence-electron chi connectivity index (χ4n) is 0.827. The molecule has 0 radical (unpaired) electrons. The zero-order chi connectivity index (χ0) is 8.59. The van der Waals surface area contributed by atoms with Crippen molar-refractivity contribution in [3.8, 4) is 0 Å². The van der Waals surface area contributed by atoms with Gasteiger partial charge in [-0.05, 0) is 31.0 Å². The van der Waals surface area contributed by atoms with E-state index in [1.54, 1.807) is 6.92 Å². The number of rotatable bonds is 0. The van der Waals surface area contributed by atoms with Crippen molar-refractivity contribution in [3.05, 3.63) is 28.8 Å². The molecular formula is C8H8F2S. The van der Waals surface area contributed by atoms with E-state index in [-0.39, 0.29) is 0 Å². The van der Waals surface area contributed by atoms with E-state index in [2.05, 4.69) is 12.6 Å². The zero-order valence-electron chi connectivity index (χ0n) is 6.28. The molecule has 60 valence electrons. The molecule has 0 bridgehead atoms. The highest BCUT2D eigenvalue weighted by Gasteiger charge is 2.09. The molecule has 0 atom stereocenters. The second-order valence-corrected chi connectivity index (χ2v) is 2.92. The quantitative estimate of drug-likeness (QED) is 0.574. The molecule has 0 nitrogen and oxygen atoms in total. The molecule has 11 heavy (non-hydrogen) atoms. The van der Waals surface area contributed by atoms with Gasteiger partial charge in [0, 0.05) is 4.90 Å². The van der Waals surface area contributed by atoms with Crippen LogP contribution in [0, 0.1) is 25.5 Å². The molecule has 0 N–H and O–H groups in total. The Morgan fingerprint density at radius 3 is 2.27 bits per heavy atom. The minimum absolute atomic E-state index is 0.329. The summed E-state index contributed by atoms with van der Waals surface area (Å²) in [7, 11) is 0. The van der Waals surface area contributed by atoms with E-state index in [1.165, 1.54) is 6.92 Å². The van der Waals surface area contributed by atoms with Crippen molar-refractivity contribution < 1.29 is 8.78 Å². The Morgan fingerprint density at radius 1 is 1.18 bits per heavy atom. The van der Waals surface area contributed by atoms with E-state index >= 15 is 0 Å². The lowest BCUT2D eigenvalue weighted by atomic mass is 10.1. The molecule has 0 saturated heterocycles. The molecule has 0 fully saturated rings. The molecule has 1 aromatic carbocycles. The molecule has 3 heteroatoms. The van der Waals surface area contributed by atoms with E-state index in [1.807, 2.05) is 0 Å². The number of hydrogen-bond acceptors (Lipinski definition) is 1. The predicted molar refractivity (Wildman–Crippen MR) is 43.1 cm³/mol. The van der Waals surface area contributed by atoms with Gasteiger partial charge in [-0.3, -0.25) is 0 Å². The highest BCUT2D eigenvalue weighted by molar-refractivity contribution is 7.80. The normalized spacial score (nSPS) is 10.3. The van der Waals surface area contributed by atoms with Gasteiger partial charge >= 0.3 is 0 Å². The van der Waals surface area contributed by atoms with Gasteiger partial charge in [-0.1, -0.05) is 0 Å². The Bertz CT molecular complexity index is 268. The van der Waals surface area contributed by atoms with Crippen molar-refractivity contribution in [2.24, 2.45) is 0 Å². The van der Waals surface area contributed by atoms with Crippen LogP contribution in [0.2, 0.25) is 0 Å². The van der Waals surface area contributed by atoms with Crippen LogP contribution in [0.5, 0.6) is 0 Å².